The van der Waals surface area contributed by atoms with E-state index in [1.54, 1.807) is 12.3 Å². The van der Waals surface area contributed by atoms with Crippen molar-refractivity contribution in [2.45, 2.75) is 31.5 Å². The molecule has 1 fully saturated rings. The molecule has 2 aromatic rings. The monoisotopic (exact) mass is 292 g/mol. The average Bonchev–Trinajstić information content (AvgIpc) is 3.20. The van der Waals surface area contributed by atoms with Crippen LogP contribution in [0.1, 0.15) is 30.2 Å². The normalized spacial score (nSPS) is 16.4. The molecule has 3 nitrogen and oxygen atoms in total. The summed E-state index contributed by atoms with van der Waals surface area (Å²) >= 11 is 0. The minimum absolute atomic E-state index is 0.141. The summed E-state index contributed by atoms with van der Waals surface area (Å²) in [6.07, 6.45) is 3.83. The fourth-order valence-corrected chi connectivity index (χ4v) is 2.67. The predicted molar refractivity (Wildman–Crippen MR) is 75.4 cm³/mol. The van der Waals surface area contributed by atoms with Crippen LogP contribution in [0.3, 0.4) is 0 Å². The summed E-state index contributed by atoms with van der Waals surface area (Å²) in [5, 5.41) is 0. The maximum absolute atomic E-state index is 13.5. The zero-order valence-electron chi connectivity index (χ0n) is 11.6. The Morgan fingerprint density at radius 3 is 2.62 bits per heavy atom. The molecule has 1 aliphatic carbocycles. The Balaban J connectivity index is 1.86. The highest BCUT2D eigenvalue weighted by Crippen LogP contribution is 2.35. The number of nitrogens with two attached hydrogens (primary N) is 1. The largest absolute Gasteiger partial charge is 0.468 e. The molecule has 1 unspecified atom stereocenters. The second kappa shape index (κ2) is 5.95. The summed E-state index contributed by atoms with van der Waals surface area (Å²) < 4.78 is 32.0. The zero-order chi connectivity index (χ0) is 14.8. The van der Waals surface area contributed by atoms with Gasteiger partial charge in [0.15, 0.2) is 11.6 Å². The van der Waals surface area contributed by atoms with Gasteiger partial charge in [-0.15, -0.1) is 0 Å². The van der Waals surface area contributed by atoms with Crippen LogP contribution < -0.4 is 5.73 Å². The maximum Gasteiger partial charge on any atom is 0.159 e. The summed E-state index contributed by atoms with van der Waals surface area (Å²) in [7, 11) is 0. The number of nitrogens with zero attached hydrogens (tertiary/aromatic N) is 1. The predicted octanol–water partition coefficient (Wildman–Crippen LogP) is 3.22. The average molecular weight is 292 g/mol. The lowest BCUT2D eigenvalue weighted by molar-refractivity contribution is 0.167. The van der Waals surface area contributed by atoms with Crippen LogP contribution >= 0.6 is 0 Å². The molecule has 112 valence electrons. The van der Waals surface area contributed by atoms with Gasteiger partial charge in [0.05, 0.1) is 12.8 Å². The summed E-state index contributed by atoms with van der Waals surface area (Å²) in [4.78, 5) is 2.21. The van der Waals surface area contributed by atoms with Gasteiger partial charge in [-0.25, -0.2) is 8.78 Å². The standard InChI is InChI=1S/C16H18F2N2O/c17-14-6-3-11(8-15(14)18)16(9-19)20(12-4-5-12)10-13-2-1-7-21-13/h1-3,6-8,12,16H,4-5,9-10,19H2. The number of hydrogen-bond donors (Lipinski definition) is 1. The molecule has 3 rings (SSSR count). The van der Waals surface area contributed by atoms with Gasteiger partial charge in [0.1, 0.15) is 5.76 Å². The molecular weight excluding hydrogens is 274 g/mol. The molecule has 0 bridgehead atoms. The van der Waals surface area contributed by atoms with E-state index < -0.39 is 11.6 Å². The summed E-state index contributed by atoms with van der Waals surface area (Å²) in [5.74, 6) is -0.818. The first kappa shape index (κ1) is 14.2. The highest BCUT2D eigenvalue weighted by atomic mass is 19.2. The minimum atomic E-state index is -0.835. The topological polar surface area (TPSA) is 42.4 Å². The minimum Gasteiger partial charge on any atom is -0.468 e. The van der Waals surface area contributed by atoms with Crippen LogP contribution in [0.25, 0.3) is 0 Å². The fraction of sp³-hybridized carbons (Fsp3) is 0.375. The molecule has 1 heterocycles. The van der Waals surface area contributed by atoms with Gasteiger partial charge in [-0.2, -0.15) is 0 Å². The molecule has 0 amide bonds. The molecule has 21 heavy (non-hydrogen) atoms. The van der Waals surface area contributed by atoms with Crippen molar-refractivity contribution in [2.75, 3.05) is 6.54 Å². The lowest BCUT2D eigenvalue weighted by atomic mass is 10.0. The third-order valence-corrected chi connectivity index (χ3v) is 3.89. The maximum atomic E-state index is 13.5. The van der Waals surface area contributed by atoms with Crippen LogP contribution in [0.15, 0.2) is 41.0 Å². The van der Waals surface area contributed by atoms with Crippen molar-refractivity contribution >= 4 is 0 Å². The van der Waals surface area contributed by atoms with Crippen molar-refractivity contribution in [3.05, 3.63) is 59.6 Å². The first-order valence-electron chi connectivity index (χ1n) is 7.12. The van der Waals surface area contributed by atoms with Gasteiger partial charge in [-0.3, -0.25) is 4.90 Å². The first-order valence-corrected chi connectivity index (χ1v) is 7.12. The van der Waals surface area contributed by atoms with E-state index in [9.17, 15) is 8.78 Å². The SMILES string of the molecule is NCC(c1ccc(F)c(F)c1)N(Cc1ccco1)C1CC1. The van der Waals surface area contributed by atoms with Crippen molar-refractivity contribution in [2.24, 2.45) is 5.73 Å². The van der Waals surface area contributed by atoms with Gasteiger partial charge in [0.2, 0.25) is 0 Å². The highest BCUT2D eigenvalue weighted by molar-refractivity contribution is 5.22. The molecular formula is C16H18F2N2O. The third-order valence-electron chi connectivity index (χ3n) is 3.89. The molecule has 0 spiro atoms. The van der Waals surface area contributed by atoms with Crippen molar-refractivity contribution in [3.8, 4) is 0 Å². The molecule has 1 aliphatic rings. The molecule has 2 N–H and O–H groups in total. The van der Waals surface area contributed by atoms with Crippen molar-refractivity contribution < 1.29 is 13.2 Å². The van der Waals surface area contributed by atoms with Gasteiger partial charge >= 0.3 is 0 Å². The Labute approximate surface area is 122 Å². The number of furan rings is 1. The van der Waals surface area contributed by atoms with E-state index in [1.807, 2.05) is 12.1 Å². The van der Waals surface area contributed by atoms with Gasteiger partial charge in [0, 0.05) is 18.6 Å². The van der Waals surface area contributed by atoms with Crippen LogP contribution in [0.2, 0.25) is 0 Å². The molecule has 0 aliphatic heterocycles. The summed E-state index contributed by atoms with van der Waals surface area (Å²) in [6.45, 7) is 0.973. The number of benzene rings is 1. The smallest absolute Gasteiger partial charge is 0.159 e. The second-order valence-corrected chi connectivity index (χ2v) is 5.41. The van der Waals surface area contributed by atoms with Crippen LogP contribution in [-0.4, -0.2) is 17.5 Å². The summed E-state index contributed by atoms with van der Waals surface area (Å²) in [5.41, 5.74) is 6.60. The van der Waals surface area contributed by atoms with Crippen molar-refractivity contribution in [1.29, 1.82) is 0 Å². The molecule has 0 saturated heterocycles. The lowest BCUT2D eigenvalue weighted by Crippen LogP contribution is -2.35. The van der Waals surface area contributed by atoms with E-state index in [0.29, 0.717) is 24.7 Å². The Bertz CT molecular complexity index is 596. The Hall–Kier alpha value is -1.72. The molecule has 1 aromatic carbocycles. The van der Waals surface area contributed by atoms with E-state index in [0.717, 1.165) is 24.7 Å². The van der Waals surface area contributed by atoms with Crippen LogP contribution in [0.5, 0.6) is 0 Å². The Kier molecular flexibility index (Phi) is 4.03. The fourth-order valence-electron chi connectivity index (χ4n) is 2.67. The van der Waals surface area contributed by atoms with E-state index >= 15 is 0 Å². The van der Waals surface area contributed by atoms with Crippen LogP contribution in [0.4, 0.5) is 8.78 Å². The van der Waals surface area contributed by atoms with Crippen LogP contribution in [0, 0.1) is 11.6 Å². The van der Waals surface area contributed by atoms with Gasteiger partial charge in [0.25, 0.3) is 0 Å². The Morgan fingerprint density at radius 1 is 1.24 bits per heavy atom. The molecule has 0 radical (unpaired) electrons. The number of rotatable bonds is 6. The Morgan fingerprint density at radius 2 is 2.05 bits per heavy atom. The highest BCUT2D eigenvalue weighted by Gasteiger charge is 2.34. The number of hydrogen-bond acceptors (Lipinski definition) is 3. The first-order chi connectivity index (χ1) is 10.2. The van der Waals surface area contributed by atoms with Gasteiger partial charge in [-0.05, 0) is 42.7 Å². The molecule has 5 heteroatoms. The number of halogens is 2. The zero-order valence-corrected chi connectivity index (χ0v) is 11.6. The second-order valence-electron chi connectivity index (χ2n) is 5.41. The molecule has 1 saturated carbocycles. The van der Waals surface area contributed by atoms with Gasteiger partial charge in [-0.1, -0.05) is 6.07 Å². The van der Waals surface area contributed by atoms with Crippen LogP contribution in [-0.2, 0) is 6.54 Å². The van der Waals surface area contributed by atoms with E-state index in [4.69, 9.17) is 10.2 Å². The van der Waals surface area contributed by atoms with E-state index in [-0.39, 0.29) is 6.04 Å². The van der Waals surface area contributed by atoms with Gasteiger partial charge < -0.3 is 10.2 Å². The van der Waals surface area contributed by atoms with E-state index in [2.05, 4.69) is 4.90 Å². The van der Waals surface area contributed by atoms with Crippen molar-refractivity contribution in [1.82, 2.24) is 4.90 Å². The summed E-state index contributed by atoms with van der Waals surface area (Å²) in [6, 6.07) is 8.04. The third kappa shape index (κ3) is 3.14. The quantitative estimate of drug-likeness (QED) is 0.889. The van der Waals surface area contributed by atoms with E-state index in [1.165, 1.54) is 6.07 Å². The van der Waals surface area contributed by atoms with Crippen molar-refractivity contribution in [3.63, 3.8) is 0 Å². The molecule has 1 atom stereocenters. The lowest BCUT2D eigenvalue weighted by Gasteiger charge is -2.30. The molecule has 1 aromatic heterocycles.